The van der Waals surface area contributed by atoms with Crippen molar-refractivity contribution in [2.45, 2.75) is 5.03 Å². The SMILES string of the molecule is Cn1ncc(Cl)c1S(=O)(=O)Nc1cccc(Cl)c1Br. The Bertz CT molecular complexity index is 711. The summed E-state index contributed by atoms with van der Waals surface area (Å²) in [7, 11) is -2.35. The van der Waals surface area contributed by atoms with Gasteiger partial charge in [0.2, 0.25) is 0 Å². The highest BCUT2D eigenvalue weighted by atomic mass is 79.9. The van der Waals surface area contributed by atoms with E-state index < -0.39 is 10.0 Å². The number of benzene rings is 1. The molecular formula is C10H8BrCl2N3O2S. The van der Waals surface area contributed by atoms with Gasteiger partial charge in [-0.05, 0) is 28.1 Å². The quantitative estimate of drug-likeness (QED) is 0.882. The molecular weight excluding hydrogens is 377 g/mol. The minimum Gasteiger partial charge on any atom is -0.277 e. The summed E-state index contributed by atoms with van der Waals surface area (Å²) in [5.41, 5.74) is 0.324. The average molecular weight is 385 g/mol. The molecule has 0 aliphatic rings. The highest BCUT2D eigenvalue weighted by Gasteiger charge is 2.23. The molecule has 0 unspecified atom stereocenters. The number of sulfonamides is 1. The summed E-state index contributed by atoms with van der Waals surface area (Å²) in [5.74, 6) is 0. The number of nitrogens with zero attached hydrogens (tertiary/aromatic N) is 2. The molecule has 0 aliphatic heterocycles. The molecule has 1 N–H and O–H groups in total. The van der Waals surface area contributed by atoms with Crippen LogP contribution in [0, 0.1) is 0 Å². The van der Waals surface area contributed by atoms with E-state index in [4.69, 9.17) is 23.2 Å². The van der Waals surface area contributed by atoms with Crippen molar-refractivity contribution in [3.05, 3.63) is 38.9 Å². The second-order valence-electron chi connectivity index (χ2n) is 3.63. The van der Waals surface area contributed by atoms with E-state index in [9.17, 15) is 8.42 Å². The normalized spacial score (nSPS) is 11.6. The first-order valence-electron chi connectivity index (χ1n) is 4.97. The van der Waals surface area contributed by atoms with Crippen LogP contribution in [0.3, 0.4) is 0 Å². The third-order valence-corrected chi connectivity index (χ3v) is 5.56. The van der Waals surface area contributed by atoms with E-state index in [0.29, 0.717) is 15.2 Å². The Labute approximate surface area is 128 Å². The molecule has 9 heteroatoms. The Morgan fingerprint density at radius 2 is 2.00 bits per heavy atom. The van der Waals surface area contributed by atoms with E-state index in [1.54, 1.807) is 18.2 Å². The fraction of sp³-hybridized carbons (Fsp3) is 0.100. The maximum Gasteiger partial charge on any atom is 0.280 e. The van der Waals surface area contributed by atoms with Crippen molar-refractivity contribution in [2.24, 2.45) is 7.05 Å². The summed E-state index contributed by atoms with van der Waals surface area (Å²) in [6, 6.07) is 4.86. The molecule has 0 fully saturated rings. The molecule has 102 valence electrons. The van der Waals surface area contributed by atoms with Crippen molar-refractivity contribution in [1.82, 2.24) is 9.78 Å². The van der Waals surface area contributed by atoms with Crippen LogP contribution in [0.4, 0.5) is 5.69 Å². The number of nitrogens with one attached hydrogen (secondary N) is 1. The zero-order valence-electron chi connectivity index (χ0n) is 9.56. The van der Waals surface area contributed by atoms with E-state index in [1.807, 2.05) is 0 Å². The molecule has 0 aliphatic carbocycles. The molecule has 1 aromatic heterocycles. The molecule has 0 bridgehead atoms. The Hall–Kier alpha value is -0.760. The van der Waals surface area contributed by atoms with Crippen molar-refractivity contribution in [2.75, 3.05) is 4.72 Å². The Morgan fingerprint density at radius 3 is 2.58 bits per heavy atom. The van der Waals surface area contributed by atoms with Gasteiger partial charge in [0.25, 0.3) is 10.0 Å². The minimum atomic E-state index is -3.84. The molecule has 2 rings (SSSR count). The lowest BCUT2D eigenvalue weighted by molar-refractivity contribution is 0.582. The molecule has 1 aromatic carbocycles. The van der Waals surface area contributed by atoms with E-state index >= 15 is 0 Å². The van der Waals surface area contributed by atoms with Crippen LogP contribution in [0.5, 0.6) is 0 Å². The standard InChI is InChI=1S/C10H8BrCl2N3O2S/c1-16-10(7(13)5-14-16)19(17,18)15-8-4-2-3-6(12)9(8)11/h2-5,15H,1H3. The Balaban J connectivity index is 2.46. The zero-order chi connectivity index (χ0) is 14.2. The van der Waals surface area contributed by atoms with E-state index in [-0.39, 0.29) is 10.0 Å². The third kappa shape index (κ3) is 2.89. The first kappa shape index (κ1) is 14.6. The van der Waals surface area contributed by atoms with Crippen LogP contribution in [0.25, 0.3) is 0 Å². The minimum absolute atomic E-state index is 0.0492. The van der Waals surface area contributed by atoms with Crippen molar-refractivity contribution in [1.29, 1.82) is 0 Å². The van der Waals surface area contributed by atoms with Crippen molar-refractivity contribution in [3.63, 3.8) is 0 Å². The lowest BCUT2D eigenvalue weighted by Crippen LogP contribution is -2.17. The maximum atomic E-state index is 12.2. The Morgan fingerprint density at radius 1 is 1.32 bits per heavy atom. The van der Waals surface area contributed by atoms with Crippen LogP contribution < -0.4 is 4.72 Å². The van der Waals surface area contributed by atoms with Crippen LogP contribution in [0.1, 0.15) is 0 Å². The summed E-state index contributed by atoms with van der Waals surface area (Å²) in [6.45, 7) is 0. The molecule has 0 atom stereocenters. The smallest absolute Gasteiger partial charge is 0.277 e. The van der Waals surface area contributed by atoms with Crippen LogP contribution in [-0.2, 0) is 17.1 Å². The lowest BCUT2D eigenvalue weighted by Gasteiger charge is -2.10. The predicted octanol–water partition coefficient (Wildman–Crippen LogP) is 3.29. The molecule has 0 radical (unpaired) electrons. The molecule has 0 spiro atoms. The van der Waals surface area contributed by atoms with Gasteiger partial charge >= 0.3 is 0 Å². The highest BCUT2D eigenvalue weighted by molar-refractivity contribution is 9.10. The van der Waals surface area contributed by atoms with Crippen molar-refractivity contribution < 1.29 is 8.42 Å². The first-order valence-corrected chi connectivity index (χ1v) is 8.00. The zero-order valence-corrected chi connectivity index (χ0v) is 13.5. The van der Waals surface area contributed by atoms with Gasteiger partial charge in [0.05, 0.1) is 26.4 Å². The molecule has 2 aromatic rings. The summed E-state index contributed by atoms with van der Waals surface area (Å²) in [5, 5.41) is 4.13. The van der Waals surface area contributed by atoms with Gasteiger partial charge < -0.3 is 0 Å². The topological polar surface area (TPSA) is 64.0 Å². The molecule has 19 heavy (non-hydrogen) atoms. The summed E-state index contributed by atoms with van der Waals surface area (Å²) in [4.78, 5) is 0. The second kappa shape index (κ2) is 5.32. The summed E-state index contributed by atoms with van der Waals surface area (Å²) < 4.78 is 28.5. The average Bonchev–Trinajstić information content (AvgIpc) is 2.65. The van der Waals surface area contributed by atoms with Gasteiger partial charge in [0, 0.05) is 7.05 Å². The third-order valence-electron chi connectivity index (χ3n) is 2.29. The molecule has 0 saturated carbocycles. The maximum absolute atomic E-state index is 12.2. The van der Waals surface area contributed by atoms with Gasteiger partial charge in [-0.15, -0.1) is 0 Å². The van der Waals surface area contributed by atoms with Gasteiger partial charge in [-0.25, -0.2) is 0 Å². The van der Waals surface area contributed by atoms with Gasteiger partial charge in [-0.2, -0.15) is 13.5 Å². The summed E-state index contributed by atoms with van der Waals surface area (Å²) in [6.07, 6.45) is 1.27. The number of anilines is 1. The van der Waals surface area contributed by atoms with Gasteiger partial charge in [0.15, 0.2) is 5.03 Å². The lowest BCUT2D eigenvalue weighted by atomic mass is 10.3. The number of aryl methyl sites for hydroxylation is 1. The van der Waals surface area contributed by atoms with E-state index in [2.05, 4.69) is 25.8 Å². The van der Waals surface area contributed by atoms with Crippen LogP contribution in [-0.4, -0.2) is 18.2 Å². The van der Waals surface area contributed by atoms with E-state index in [1.165, 1.54) is 17.9 Å². The molecule has 1 heterocycles. The first-order chi connectivity index (χ1) is 8.83. The largest absolute Gasteiger partial charge is 0.280 e. The van der Waals surface area contributed by atoms with Crippen LogP contribution >= 0.6 is 39.1 Å². The number of aromatic nitrogens is 2. The number of halogens is 3. The second-order valence-corrected chi connectivity index (χ2v) is 6.83. The van der Waals surface area contributed by atoms with Gasteiger partial charge in [0.1, 0.15) is 0 Å². The fourth-order valence-electron chi connectivity index (χ4n) is 1.48. The van der Waals surface area contributed by atoms with Gasteiger partial charge in [-0.3, -0.25) is 9.40 Å². The highest BCUT2D eigenvalue weighted by Crippen LogP contribution is 2.32. The van der Waals surface area contributed by atoms with Crippen LogP contribution in [0.2, 0.25) is 10.0 Å². The number of rotatable bonds is 3. The number of hydrogen-bond acceptors (Lipinski definition) is 3. The molecule has 0 saturated heterocycles. The van der Waals surface area contributed by atoms with Gasteiger partial charge in [-0.1, -0.05) is 29.3 Å². The summed E-state index contributed by atoms with van der Waals surface area (Å²) >= 11 is 15.0. The monoisotopic (exact) mass is 383 g/mol. The molecule has 0 amide bonds. The Kier molecular flexibility index (Phi) is 4.10. The predicted molar refractivity (Wildman–Crippen MR) is 78.2 cm³/mol. The van der Waals surface area contributed by atoms with Crippen molar-refractivity contribution >= 4 is 54.8 Å². The fourth-order valence-corrected chi connectivity index (χ4v) is 3.88. The van der Waals surface area contributed by atoms with E-state index in [0.717, 1.165) is 0 Å². The molecule has 5 nitrogen and oxygen atoms in total. The van der Waals surface area contributed by atoms with Crippen LogP contribution in [0.15, 0.2) is 33.9 Å². The number of hydrogen-bond donors (Lipinski definition) is 1. The van der Waals surface area contributed by atoms with Crippen molar-refractivity contribution in [3.8, 4) is 0 Å².